The van der Waals surface area contributed by atoms with Gasteiger partial charge in [-0.2, -0.15) is 0 Å². The monoisotopic (exact) mass is 314 g/mol. The van der Waals surface area contributed by atoms with Gasteiger partial charge in [0.1, 0.15) is 0 Å². The number of benzene rings is 1. The van der Waals surface area contributed by atoms with Gasteiger partial charge in [-0.15, -0.1) is 0 Å². The molecule has 0 bridgehead atoms. The number of carbonyl (C=O) groups excluding carboxylic acids is 1. The Morgan fingerprint density at radius 2 is 2.22 bits per heavy atom. The zero-order valence-electron chi connectivity index (χ0n) is 14.8. The van der Waals surface area contributed by atoms with E-state index in [0.29, 0.717) is 6.54 Å². The maximum absolute atomic E-state index is 12.1. The fraction of sp³-hybridized carbons (Fsp3) is 0.550. The van der Waals surface area contributed by atoms with Crippen LogP contribution in [-0.4, -0.2) is 29.9 Å². The highest BCUT2D eigenvalue weighted by Gasteiger charge is 2.19. The molecular weight excluding hydrogens is 284 g/mol. The van der Waals surface area contributed by atoms with Crippen molar-refractivity contribution >= 4 is 11.6 Å². The maximum Gasteiger partial charge on any atom is 0.246 e. The Morgan fingerprint density at radius 3 is 2.87 bits per heavy atom. The first-order chi connectivity index (χ1) is 11.1. The Bertz CT molecular complexity index is 553. The number of anilines is 1. The Morgan fingerprint density at radius 1 is 1.43 bits per heavy atom. The predicted molar refractivity (Wildman–Crippen MR) is 97.8 cm³/mol. The zero-order valence-corrected chi connectivity index (χ0v) is 14.8. The molecule has 0 aromatic heterocycles. The zero-order chi connectivity index (χ0) is 16.8. The number of fused-ring (bicyclic) bond motifs is 1. The van der Waals surface area contributed by atoms with Crippen molar-refractivity contribution in [1.82, 2.24) is 4.90 Å². The summed E-state index contributed by atoms with van der Waals surface area (Å²) in [7, 11) is 0. The van der Waals surface area contributed by atoms with Gasteiger partial charge in [0, 0.05) is 31.4 Å². The molecular formula is C20H30N2O. The van der Waals surface area contributed by atoms with Gasteiger partial charge in [0.05, 0.1) is 0 Å². The van der Waals surface area contributed by atoms with Crippen LogP contribution in [0.1, 0.15) is 51.2 Å². The maximum atomic E-state index is 12.1. The number of hydrogen-bond acceptors (Lipinski definition) is 2. The molecule has 1 aromatic carbocycles. The third kappa shape index (κ3) is 4.15. The van der Waals surface area contributed by atoms with Crippen LogP contribution in [-0.2, 0) is 17.8 Å². The summed E-state index contributed by atoms with van der Waals surface area (Å²) >= 11 is 0. The summed E-state index contributed by atoms with van der Waals surface area (Å²) in [5, 5.41) is 0. The van der Waals surface area contributed by atoms with E-state index in [2.05, 4.69) is 50.4 Å². The van der Waals surface area contributed by atoms with Crippen LogP contribution < -0.4 is 4.90 Å². The highest BCUT2D eigenvalue weighted by molar-refractivity contribution is 5.87. The fourth-order valence-corrected chi connectivity index (χ4v) is 3.31. The molecule has 3 nitrogen and oxygen atoms in total. The Balaban J connectivity index is 2.20. The van der Waals surface area contributed by atoms with Crippen LogP contribution in [0.2, 0.25) is 0 Å². The van der Waals surface area contributed by atoms with Crippen molar-refractivity contribution in [3.05, 3.63) is 42.0 Å². The van der Waals surface area contributed by atoms with Gasteiger partial charge in [0.15, 0.2) is 0 Å². The number of aryl methyl sites for hydroxylation is 1. The molecule has 0 spiro atoms. The molecule has 23 heavy (non-hydrogen) atoms. The second kappa shape index (κ2) is 8.19. The minimum atomic E-state index is 0.0182. The van der Waals surface area contributed by atoms with Crippen molar-refractivity contribution in [2.75, 3.05) is 18.0 Å². The number of amides is 1. The van der Waals surface area contributed by atoms with Gasteiger partial charge >= 0.3 is 0 Å². The first-order valence-corrected chi connectivity index (χ1v) is 8.90. The normalized spacial score (nSPS) is 15.0. The molecule has 2 rings (SSSR count). The number of carbonyl (C=O) groups is 1. The first kappa shape index (κ1) is 17.6. The van der Waals surface area contributed by atoms with E-state index in [0.717, 1.165) is 25.9 Å². The van der Waals surface area contributed by atoms with Gasteiger partial charge in [-0.05, 0) is 55.9 Å². The number of rotatable bonds is 7. The summed E-state index contributed by atoms with van der Waals surface area (Å²) < 4.78 is 0. The molecule has 1 unspecified atom stereocenters. The standard InChI is InChI=1S/C20H30N2O/c1-5-12-21-13-8-9-18-14-17(10-11-19(18)21)15-22(16(4)6-2)20(23)7-3/h7,10-11,14,16H,3,5-6,8-9,12-13,15H2,1-2,4H3. The van der Waals surface area contributed by atoms with Gasteiger partial charge in [-0.1, -0.05) is 32.6 Å². The number of nitrogens with zero attached hydrogens (tertiary/aromatic N) is 2. The summed E-state index contributed by atoms with van der Waals surface area (Å²) in [4.78, 5) is 16.6. The van der Waals surface area contributed by atoms with Gasteiger partial charge < -0.3 is 9.80 Å². The van der Waals surface area contributed by atoms with E-state index < -0.39 is 0 Å². The number of hydrogen-bond donors (Lipinski definition) is 0. The molecule has 1 atom stereocenters. The average molecular weight is 314 g/mol. The molecule has 0 saturated carbocycles. The van der Waals surface area contributed by atoms with E-state index in [1.54, 1.807) is 0 Å². The molecule has 1 heterocycles. The van der Waals surface area contributed by atoms with E-state index in [1.807, 2.05) is 4.90 Å². The Kier molecular flexibility index (Phi) is 6.26. The second-order valence-electron chi connectivity index (χ2n) is 6.48. The second-order valence-corrected chi connectivity index (χ2v) is 6.48. The summed E-state index contributed by atoms with van der Waals surface area (Å²) in [5.41, 5.74) is 4.03. The molecule has 0 saturated heterocycles. The van der Waals surface area contributed by atoms with Crippen molar-refractivity contribution in [3.63, 3.8) is 0 Å². The minimum absolute atomic E-state index is 0.0182. The van der Waals surface area contributed by atoms with E-state index in [4.69, 9.17) is 0 Å². The van der Waals surface area contributed by atoms with Crippen LogP contribution in [0.25, 0.3) is 0 Å². The van der Waals surface area contributed by atoms with Gasteiger partial charge in [0.2, 0.25) is 5.91 Å². The van der Waals surface area contributed by atoms with E-state index >= 15 is 0 Å². The first-order valence-electron chi connectivity index (χ1n) is 8.90. The Hall–Kier alpha value is -1.77. The Labute approximate surface area is 141 Å². The van der Waals surface area contributed by atoms with Crippen molar-refractivity contribution in [2.45, 2.75) is 59.0 Å². The average Bonchev–Trinajstić information content (AvgIpc) is 2.58. The molecule has 126 valence electrons. The molecule has 0 aliphatic carbocycles. The molecule has 0 N–H and O–H groups in total. The van der Waals surface area contributed by atoms with Crippen molar-refractivity contribution in [1.29, 1.82) is 0 Å². The molecule has 0 fully saturated rings. The largest absolute Gasteiger partial charge is 0.371 e. The molecule has 1 aliphatic heterocycles. The van der Waals surface area contributed by atoms with Crippen molar-refractivity contribution in [2.24, 2.45) is 0 Å². The van der Waals surface area contributed by atoms with Crippen LogP contribution in [0.4, 0.5) is 5.69 Å². The summed E-state index contributed by atoms with van der Waals surface area (Å²) in [5.74, 6) is 0.0182. The quantitative estimate of drug-likeness (QED) is 0.705. The molecule has 1 aromatic rings. The highest BCUT2D eigenvalue weighted by Crippen LogP contribution is 2.28. The molecule has 1 amide bonds. The lowest BCUT2D eigenvalue weighted by Gasteiger charge is -2.32. The van der Waals surface area contributed by atoms with Crippen molar-refractivity contribution < 1.29 is 4.79 Å². The van der Waals surface area contributed by atoms with E-state index in [9.17, 15) is 4.79 Å². The molecule has 1 aliphatic rings. The smallest absolute Gasteiger partial charge is 0.246 e. The predicted octanol–water partition coefficient (Wildman–Crippen LogP) is 4.16. The lowest BCUT2D eigenvalue weighted by Crippen LogP contribution is -2.36. The molecule has 0 radical (unpaired) electrons. The minimum Gasteiger partial charge on any atom is -0.371 e. The SMILES string of the molecule is C=CC(=O)N(Cc1ccc2c(c1)CCCN2CCC)C(C)CC. The topological polar surface area (TPSA) is 23.6 Å². The van der Waals surface area contributed by atoms with Crippen LogP contribution in [0.3, 0.4) is 0 Å². The highest BCUT2D eigenvalue weighted by atomic mass is 16.2. The van der Waals surface area contributed by atoms with Crippen LogP contribution in [0, 0.1) is 0 Å². The third-order valence-corrected chi connectivity index (χ3v) is 4.79. The lowest BCUT2D eigenvalue weighted by molar-refractivity contribution is -0.128. The van der Waals surface area contributed by atoms with Crippen molar-refractivity contribution in [3.8, 4) is 0 Å². The van der Waals surface area contributed by atoms with Gasteiger partial charge in [0.25, 0.3) is 0 Å². The van der Waals surface area contributed by atoms with Crippen LogP contribution in [0.15, 0.2) is 30.9 Å². The third-order valence-electron chi connectivity index (χ3n) is 4.79. The lowest BCUT2D eigenvalue weighted by atomic mass is 9.98. The van der Waals surface area contributed by atoms with E-state index in [1.165, 1.54) is 35.7 Å². The molecule has 3 heteroatoms. The van der Waals surface area contributed by atoms with Gasteiger partial charge in [-0.3, -0.25) is 4.79 Å². The van der Waals surface area contributed by atoms with Gasteiger partial charge in [-0.25, -0.2) is 0 Å². The van der Waals surface area contributed by atoms with Crippen LogP contribution >= 0.6 is 0 Å². The summed E-state index contributed by atoms with van der Waals surface area (Å²) in [6.07, 6.45) is 5.92. The van der Waals surface area contributed by atoms with E-state index in [-0.39, 0.29) is 11.9 Å². The fourth-order valence-electron chi connectivity index (χ4n) is 3.31. The summed E-state index contributed by atoms with van der Waals surface area (Å²) in [6, 6.07) is 6.95. The summed E-state index contributed by atoms with van der Waals surface area (Å²) in [6.45, 7) is 13.0. The van der Waals surface area contributed by atoms with Crippen LogP contribution in [0.5, 0.6) is 0 Å².